The molecule has 1 aliphatic heterocycles. The lowest BCUT2D eigenvalue weighted by Crippen LogP contribution is -2.30. The molecule has 2 aromatic carbocycles. The van der Waals surface area contributed by atoms with Crippen molar-refractivity contribution < 1.29 is 32.1 Å². The van der Waals surface area contributed by atoms with Crippen LogP contribution in [0.15, 0.2) is 67.3 Å². The molecule has 6 nitrogen and oxygen atoms in total. The Kier molecular flexibility index (Phi) is 10.7. The van der Waals surface area contributed by atoms with Crippen LogP contribution in [0.3, 0.4) is 0 Å². The molecule has 3 atom stereocenters. The average Bonchev–Trinajstić information content (AvgIpc) is 2.95. The number of aromatic nitrogens is 2. The van der Waals surface area contributed by atoms with Crippen LogP contribution in [0, 0.1) is 11.7 Å². The number of hydrogen-bond acceptors (Lipinski definition) is 6. The second kappa shape index (κ2) is 14.1. The molecule has 0 spiro atoms. The summed E-state index contributed by atoms with van der Waals surface area (Å²) in [6.45, 7) is 5.92. The van der Waals surface area contributed by atoms with Crippen molar-refractivity contribution in [1.82, 2.24) is 9.97 Å². The van der Waals surface area contributed by atoms with E-state index in [9.17, 15) is 22.7 Å². The van der Waals surface area contributed by atoms with E-state index in [-0.39, 0.29) is 34.7 Å². The Labute approximate surface area is 262 Å². The predicted molar refractivity (Wildman–Crippen MR) is 162 cm³/mol. The van der Waals surface area contributed by atoms with Gasteiger partial charge in [0.15, 0.2) is 0 Å². The predicted octanol–water partition coefficient (Wildman–Crippen LogP) is 8.74. The van der Waals surface area contributed by atoms with Gasteiger partial charge in [-0.15, -0.1) is 0 Å². The highest BCUT2D eigenvalue weighted by molar-refractivity contribution is 6.32. The van der Waals surface area contributed by atoms with Crippen molar-refractivity contribution in [1.29, 1.82) is 0 Å². The van der Waals surface area contributed by atoms with Crippen molar-refractivity contribution in [3.8, 4) is 33.8 Å². The van der Waals surface area contributed by atoms with Gasteiger partial charge in [0.25, 0.3) is 0 Å². The van der Waals surface area contributed by atoms with Crippen LogP contribution in [-0.4, -0.2) is 33.9 Å². The second-order valence-electron chi connectivity index (χ2n) is 10.7. The minimum Gasteiger partial charge on any atom is -0.490 e. The van der Waals surface area contributed by atoms with E-state index in [1.807, 2.05) is 13.8 Å². The van der Waals surface area contributed by atoms with Crippen LogP contribution in [0.5, 0.6) is 11.5 Å². The van der Waals surface area contributed by atoms with Gasteiger partial charge < -0.3 is 20.3 Å². The minimum atomic E-state index is -4.57. The van der Waals surface area contributed by atoms with Gasteiger partial charge in [0.1, 0.15) is 23.9 Å². The van der Waals surface area contributed by atoms with Gasteiger partial charge in [-0.1, -0.05) is 37.0 Å². The number of hydrogen-bond donors (Lipinski definition) is 2. The zero-order valence-corrected chi connectivity index (χ0v) is 25.6. The Balaban J connectivity index is 0.000000223. The number of fused-ring (bicyclic) bond motifs is 3. The van der Waals surface area contributed by atoms with Crippen LogP contribution in [0.2, 0.25) is 10.0 Å². The zero-order chi connectivity index (χ0) is 32.2. The summed E-state index contributed by atoms with van der Waals surface area (Å²) in [6, 6.07) is 10.4. The maximum atomic E-state index is 13.8. The third kappa shape index (κ3) is 7.98. The molecule has 3 N–H and O–H groups in total. The van der Waals surface area contributed by atoms with E-state index in [2.05, 4.69) is 9.97 Å². The molecule has 0 amide bonds. The molecule has 0 aliphatic carbocycles. The second-order valence-corrected chi connectivity index (χ2v) is 11.6. The standard InChI is InChI=1S/C19H20ClF3N2O2.C13H11ClFNO/c1-10(2)5-11(24)9-26-17-7-16-13(6-15(17)20)12-3-4-25-8-14(12)18(27-16)19(21,22)23;1-8(17)12-7-16-5-4-10(12)11-3-2-9(14)6-13(11)15/h3-4,6-8,10-11,18H,5,9,24H2,1-2H3;2-8,17H,1H3/t11-,18?;/m0./s1. The topological polar surface area (TPSA) is 90.5 Å². The largest absolute Gasteiger partial charge is 0.490 e. The monoisotopic (exact) mass is 651 g/mol. The molecule has 5 rings (SSSR count). The molecule has 0 fully saturated rings. The molecule has 1 aliphatic rings. The first kappa shape index (κ1) is 33.5. The number of aliphatic hydroxyl groups is 1. The maximum Gasteiger partial charge on any atom is 0.429 e. The lowest BCUT2D eigenvalue weighted by molar-refractivity contribution is -0.198. The quantitative estimate of drug-likeness (QED) is 0.194. The van der Waals surface area contributed by atoms with Crippen LogP contribution < -0.4 is 15.2 Å². The first-order chi connectivity index (χ1) is 20.8. The average molecular weight is 653 g/mol. The van der Waals surface area contributed by atoms with E-state index < -0.39 is 24.2 Å². The van der Waals surface area contributed by atoms with E-state index in [1.54, 1.807) is 37.4 Å². The highest BCUT2D eigenvalue weighted by atomic mass is 35.5. The molecule has 4 aromatic rings. The van der Waals surface area contributed by atoms with Gasteiger partial charge in [-0.25, -0.2) is 4.39 Å². The number of rotatable bonds is 7. The summed E-state index contributed by atoms with van der Waals surface area (Å²) in [4.78, 5) is 7.73. The van der Waals surface area contributed by atoms with Crippen molar-refractivity contribution in [3.63, 3.8) is 0 Å². The molecule has 0 bridgehead atoms. The van der Waals surface area contributed by atoms with Gasteiger partial charge in [-0.2, -0.15) is 13.2 Å². The summed E-state index contributed by atoms with van der Waals surface area (Å²) in [5, 5.41) is 10.2. The van der Waals surface area contributed by atoms with Crippen LogP contribution in [-0.2, 0) is 0 Å². The van der Waals surface area contributed by atoms with Crippen molar-refractivity contribution >= 4 is 23.2 Å². The number of pyridine rings is 2. The molecule has 234 valence electrons. The Morgan fingerprint density at radius 1 is 0.955 bits per heavy atom. The first-order valence-corrected chi connectivity index (χ1v) is 14.5. The normalized spacial score (nSPS) is 15.3. The number of aliphatic hydroxyl groups excluding tert-OH is 1. The summed E-state index contributed by atoms with van der Waals surface area (Å²) in [6.07, 6.45) is -0.904. The SMILES string of the molecule is CC(C)C[C@H](N)COc1cc2c(cc1Cl)-c1ccncc1C(C(F)(F)F)O2.CC(O)c1cnccc1-c1ccc(Cl)cc1F. The van der Waals surface area contributed by atoms with Crippen molar-refractivity contribution in [2.75, 3.05) is 6.61 Å². The molecule has 2 unspecified atom stereocenters. The number of halogens is 6. The number of nitrogens with two attached hydrogens (primary N) is 1. The Morgan fingerprint density at radius 2 is 1.64 bits per heavy atom. The smallest absolute Gasteiger partial charge is 0.429 e. The molecule has 44 heavy (non-hydrogen) atoms. The Bertz CT molecular complexity index is 1600. The Morgan fingerprint density at radius 3 is 2.27 bits per heavy atom. The van der Waals surface area contributed by atoms with Crippen LogP contribution >= 0.6 is 23.2 Å². The lowest BCUT2D eigenvalue weighted by atomic mass is 9.94. The van der Waals surface area contributed by atoms with Crippen LogP contribution in [0.1, 0.15) is 50.5 Å². The number of ether oxygens (including phenoxy) is 2. The zero-order valence-electron chi connectivity index (χ0n) is 24.1. The van der Waals surface area contributed by atoms with E-state index in [4.69, 9.17) is 38.4 Å². The molecule has 0 saturated heterocycles. The summed E-state index contributed by atoms with van der Waals surface area (Å²) in [5.74, 6) is 0.301. The van der Waals surface area contributed by atoms with E-state index in [0.717, 1.165) is 6.42 Å². The fourth-order valence-corrected chi connectivity index (χ4v) is 5.19. The highest BCUT2D eigenvalue weighted by Crippen LogP contribution is 2.50. The van der Waals surface area contributed by atoms with Crippen molar-refractivity contribution in [2.45, 2.75) is 51.6 Å². The lowest BCUT2D eigenvalue weighted by Gasteiger charge is -2.30. The maximum absolute atomic E-state index is 13.8. The number of alkyl halides is 3. The molecule has 0 saturated carbocycles. The summed E-state index contributed by atoms with van der Waals surface area (Å²) in [7, 11) is 0. The molecule has 12 heteroatoms. The van der Waals surface area contributed by atoms with Gasteiger partial charge in [0.2, 0.25) is 6.10 Å². The fourth-order valence-electron chi connectivity index (χ4n) is 4.81. The van der Waals surface area contributed by atoms with Gasteiger partial charge in [-0.3, -0.25) is 9.97 Å². The first-order valence-electron chi connectivity index (χ1n) is 13.7. The number of benzene rings is 2. The van der Waals surface area contributed by atoms with E-state index in [1.165, 1.54) is 36.8 Å². The van der Waals surface area contributed by atoms with E-state index in [0.29, 0.717) is 38.8 Å². The molecular weight excluding hydrogens is 621 g/mol. The van der Waals surface area contributed by atoms with Crippen molar-refractivity contribution in [3.05, 3.63) is 94.2 Å². The van der Waals surface area contributed by atoms with E-state index >= 15 is 0 Å². The van der Waals surface area contributed by atoms with Gasteiger partial charge in [0, 0.05) is 64.2 Å². The molecule has 2 aromatic heterocycles. The fraction of sp³-hybridized carbons (Fsp3) is 0.312. The molecular formula is C32H31Cl2F4N3O3. The number of nitrogens with zero attached hydrogens (tertiary/aromatic N) is 2. The van der Waals surface area contributed by atoms with Crippen LogP contribution in [0.4, 0.5) is 17.6 Å². The van der Waals surface area contributed by atoms with Crippen molar-refractivity contribution in [2.24, 2.45) is 11.7 Å². The third-order valence-corrected chi connectivity index (χ3v) is 7.28. The Hall–Kier alpha value is -3.44. The van der Waals surface area contributed by atoms with Gasteiger partial charge in [0.05, 0.1) is 11.1 Å². The van der Waals surface area contributed by atoms with Gasteiger partial charge >= 0.3 is 6.18 Å². The summed E-state index contributed by atoms with van der Waals surface area (Å²) in [5.41, 5.74) is 8.44. The third-order valence-electron chi connectivity index (χ3n) is 6.75. The minimum absolute atomic E-state index is 0.0406. The summed E-state index contributed by atoms with van der Waals surface area (Å²) >= 11 is 12.0. The molecule has 0 radical (unpaired) electrons. The van der Waals surface area contributed by atoms with Gasteiger partial charge in [-0.05, 0) is 66.8 Å². The summed E-state index contributed by atoms with van der Waals surface area (Å²) < 4.78 is 65.0. The molecule has 3 heterocycles. The van der Waals surface area contributed by atoms with Crippen LogP contribution in [0.25, 0.3) is 22.3 Å². The highest BCUT2D eigenvalue weighted by Gasteiger charge is 2.47.